The summed E-state index contributed by atoms with van der Waals surface area (Å²) < 4.78 is 41.3. The zero-order chi connectivity index (χ0) is 16.4. The molecular weight excluding hydrogens is 313 g/mol. The van der Waals surface area contributed by atoms with E-state index in [2.05, 4.69) is 4.72 Å². The molecule has 1 aromatic carbocycles. The summed E-state index contributed by atoms with van der Waals surface area (Å²) >= 11 is 5.78. The second kappa shape index (κ2) is 6.63. The van der Waals surface area contributed by atoms with Gasteiger partial charge in [-0.15, -0.1) is 11.6 Å². The van der Waals surface area contributed by atoms with Gasteiger partial charge in [-0.05, 0) is 48.9 Å². The van der Waals surface area contributed by atoms with Crippen LogP contribution >= 0.6 is 11.6 Å². The van der Waals surface area contributed by atoms with Crippen LogP contribution in [0.25, 0.3) is 0 Å². The van der Waals surface area contributed by atoms with Crippen molar-refractivity contribution in [3.8, 4) is 0 Å². The van der Waals surface area contributed by atoms with Gasteiger partial charge < -0.3 is 0 Å². The highest BCUT2D eigenvalue weighted by Gasteiger charge is 2.30. The summed E-state index contributed by atoms with van der Waals surface area (Å²) in [5.41, 5.74) is 0.543. The number of rotatable bonds is 5. The highest BCUT2D eigenvalue weighted by atomic mass is 35.5. The van der Waals surface area contributed by atoms with E-state index >= 15 is 0 Å². The van der Waals surface area contributed by atoms with Gasteiger partial charge in [-0.25, -0.2) is 17.5 Å². The molecule has 0 aliphatic carbocycles. The Balaban J connectivity index is 3.23. The van der Waals surface area contributed by atoms with Crippen LogP contribution in [0.3, 0.4) is 0 Å². The second-order valence-corrected chi connectivity index (χ2v) is 8.42. The van der Waals surface area contributed by atoms with Crippen molar-refractivity contribution in [3.63, 3.8) is 0 Å². The molecule has 0 saturated heterocycles. The van der Waals surface area contributed by atoms with Gasteiger partial charge in [0.05, 0.1) is 4.90 Å². The minimum Gasteiger partial charge on any atom is -0.207 e. The molecule has 0 aliphatic heterocycles. The van der Waals surface area contributed by atoms with Crippen molar-refractivity contribution in [2.24, 2.45) is 5.41 Å². The van der Waals surface area contributed by atoms with Crippen LogP contribution in [0.5, 0.6) is 0 Å². The molecule has 0 fully saturated rings. The third-order valence-corrected chi connectivity index (χ3v) is 5.43. The van der Waals surface area contributed by atoms with Crippen molar-refractivity contribution in [1.29, 1.82) is 0 Å². The summed E-state index contributed by atoms with van der Waals surface area (Å²) in [5.74, 6) is -0.0664. The van der Waals surface area contributed by atoms with Crippen LogP contribution in [0, 0.1) is 25.1 Å². The summed E-state index contributed by atoms with van der Waals surface area (Å²) in [6, 6.07) is 2.17. The molecule has 1 unspecified atom stereocenters. The normalized spacial score (nSPS) is 14.2. The maximum Gasteiger partial charge on any atom is 0.241 e. The lowest BCUT2D eigenvalue weighted by Gasteiger charge is -2.31. The molecule has 0 spiro atoms. The Labute approximate surface area is 131 Å². The highest BCUT2D eigenvalue weighted by Crippen LogP contribution is 2.27. The van der Waals surface area contributed by atoms with Gasteiger partial charge >= 0.3 is 0 Å². The average Bonchev–Trinajstić information content (AvgIpc) is 2.24. The van der Waals surface area contributed by atoms with Crippen molar-refractivity contribution in [2.75, 3.05) is 5.88 Å². The van der Waals surface area contributed by atoms with E-state index in [1.54, 1.807) is 13.8 Å². The summed E-state index contributed by atoms with van der Waals surface area (Å²) in [7, 11) is -3.72. The molecule has 0 aromatic heterocycles. The number of aryl methyl sites for hydroxylation is 2. The van der Waals surface area contributed by atoms with E-state index in [9.17, 15) is 12.8 Å². The molecule has 0 heterocycles. The van der Waals surface area contributed by atoms with Crippen LogP contribution in [0.15, 0.2) is 17.0 Å². The minimum atomic E-state index is -3.72. The standard InChI is InChI=1S/C15H23ClFNO2S/c1-10-8-12(17)9-11(2)14(10)21(19,20)18-13(6-7-16)15(3,4)5/h8-9,13,18H,6-7H2,1-5H3. The number of benzene rings is 1. The summed E-state index contributed by atoms with van der Waals surface area (Å²) in [6.45, 7) is 9.06. The lowest BCUT2D eigenvalue weighted by atomic mass is 9.86. The largest absolute Gasteiger partial charge is 0.241 e. The monoisotopic (exact) mass is 335 g/mol. The lowest BCUT2D eigenvalue weighted by Crippen LogP contribution is -2.44. The van der Waals surface area contributed by atoms with E-state index in [0.29, 0.717) is 23.4 Å². The molecule has 1 aromatic rings. The van der Waals surface area contributed by atoms with Crippen LogP contribution in [0.2, 0.25) is 0 Å². The zero-order valence-corrected chi connectivity index (χ0v) is 14.7. The lowest BCUT2D eigenvalue weighted by molar-refractivity contribution is 0.292. The van der Waals surface area contributed by atoms with Crippen molar-refractivity contribution in [1.82, 2.24) is 4.72 Å². The summed E-state index contributed by atoms with van der Waals surface area (Å²) in [6.07, 6.45) is 0.531. The fourth-order valence-corrected chi connectivity index (χ4v) is 4.49. The van der Waals surface area contributed by atoms with Gasteiger partial charge in [-0.1, -0.05) is 20.8 Å². The van der Waals surface area contributed by atoms with Gasteiger partial charge in [0.15, 0.2) is 0 Å². The van der Waals surface area contributed by atoms with Gasteiger partial charge in [0, 0.05) is 11.9 Å². The van der Waals surface area contributed by atoms with Crippen LogP contribution in [0.4, 0.5) is 4.39 Å². The van der Waals surface area contributed by atoms with Crippen LogP contribution in [-0.4, -0.2) is 20.3 Å². The number of sulfonamides is 1. The van der Waals surface area contributed by atoms with E-state index in [4.69, 9.17) is 11.6 Å². The third kappa shape index (κ3) is 4.66. The van der Waals surface area contributed by atoms with Crippen LogP contribution in [-0.2, 0) is 10.0 Å². The van der Waals surface area contributed by atoms with Gasteiger partial charge in [-0.2, -0.15) is 0 Å². The molecule has 1 rings (SSSR count). The Bertz CT molecular complexity index is 586. The topological polar surface area (TPSA) is 46.2 Å². The molecule has 3 nitrogen and oxygen atoms in total. The fourth-order valence-electron chi connectivity index (χ4n) is 2.35. The Morgan fingerprint density at radius 1 is 1.24 bits per heavy atom. The van der Waals surface area contributed by atoms with E-state index in [1.165, 1.54) is 12.1 Å². The maximum atomic E-state index is 13.3. The molecule has 120 valence electrons. The predicted molar refractivity (Wildman–Crippen MR) is 84.8 cm³/mol. The molecule has 0 radical (unpaired) electrons. The Hall–Kier alpha value is -0.650. The van der Waals surface area contributed by atoms with E-state index in [0.717, 1.165) is 0 Å². The Morgan fingerprint density at radius 2 is 1.71 bits per heavy atom. The molecule has 0 bridgehead atoms. The average molecular weight is 336 g/mol. The summed E-state index contributed by atoms with van der Waals surface area (Å²) in [4.78, 5) is 0.146. The minimum absolute atomic E-state index is 0.146. The predicted octanol–water partition coefficient (Wildman–Crippen LogP) is 3.76. The van der Waals surface area contributed by atoms with Crippen LogP contribution < -0.4 is 4.72 Å². The first-order valence-corrected chi connectivity index (χ1v) is 8.86. The van der Waals surface area contributed by atoms with Crippen molar-refractivity contribution in [3.05, 3.63) is 29.1 Å². The fraction of sp³-hybridized carbons (Fsp3) is 0.600. The molecule has 0 amide bonds. The molecule has 1 N–H and O–H groups in total. The number of hydrogen-bond donors (Lipinski definition) is 1. The summed E-state index contributed by atoms with van der Waals surface area (Å²) in [5, 5.41) is 0. The van der Waals surface area contributed by atoms with E-state index < -0.39 is 15.8 Å². The number of alkyl halides is 1. The first kappa shape index (κ1) is 18.4. The maximum absolute atomic E-state index is 13.3. The third-order valence-electron chi connectivity index (χ3n) is 3.43. The van der Waals surface area contributed by atoms with Gasteiger partial charge in [0.2, 0.25) is 10.0 Å². The Kier molecular flexibility index (Phi) is 5.81. The number of nitrogens with one attached hydrogen (secondary N) is 1. The van der Waals surface area contributed by atoms with Gasteiger partial charge in [0.25, 0.3) is 0 Å². The Morgan fingerprint density at radius 3 is 2.10 bits per heavy atom. The number of hydrogen-bond acceptors (Lipinski definition) is 2. The zero-order valence-electron chi connectivity index (χ0n) is 13.1. The highest BCUT2D eigenvalue weighted by molar-refractivity contribution is 7.89. The second-order valence-electron chi connectivity index (χ2n) is 6.39. The van der Waals surface area contributed by atoms with E-state index in [-0.39, 0.29) is 16.4 Å². The van der Waals surface area contributed by atoms with Crippen molar-refractivity contribution < 1.29 is 12.8 Å². The first-order valence-electron chi connectivity index (χ1n) is 6.84. The SMILES string of the molecule is Cc1cc(F)cc(C)c1S(=O)(=O)NC(CCCl)C(C)(C)C. The molecular formula is C15H23ClFNO2S. The first-order chi connectivity index (χ1) is 9.49. The molecule has 0 aliphatic rings. The quantitative estimate of drug-likeness (QED) is 0.833. The molecule has 6 heteroatoms. The van der Waals surface area contributed by atoms with Crippen molar-refractivity contribution >= 4 is 21.6 Å². The molecule has 1 atom stereocenters. The van der Waals surface area contributed by atoms with Gasteiger partial charge in [-0.3, -0.25) is 0 Å². The number of halogens is 2. The molecule has 21 heavy (non-hydrogen) atoms. The van der Waals surface area contributed by atoms with Crippen LogP contribution in [0.1, 0.15) is 38.3 Å². The molecule has 0 saturated carbocycles. The smallest absolute Gasteiger partial charge is 0.207 e. The van der Waals surface area contributed by atoms with Gasteiger partial charge in [0.1, 0.15) is 5.82 Å². The van der Waals surface area contributed by atoms with E-state index in [1.807, 2.05) is 20.8 Å². The van der Waals surface area contributed by atoms with Crippen molar-refractivity contribution in [2.45, 2.75) is 52.0 Å².